The Kier molecular flexibility index (Phi) is 2.99. The molecule has 11 heavy (non-hydrogen) atoms. The fourth-order valence-corrected chi connectivity index (χ4v) is 1.60. The van der Waals surface area contributed by atoms with Gasteiger partial charge in [0.05, 0.1) is 16.8 Å². The van der Waals surface area contributed by atoms with Crippen LogP contribution in [0.5, 0.6) is 0 Å². The summed E-state index contributed by atoms with van der Waals surface area (Å²) in [5.74, 6) is 0. The van der Waals surface area contributed by atoms with Crippen molar-refractivity contribution in [2.24, 2.45) is 0 Å². The molecule has 1 aromatic rings. The highest BCUT2D eigenvalue weighted by atomic mass is 32.1. The molecule has 1 aromatic heterocycles. The Balaban J connectivity index is 2.66. The number of hydrogen-bond acceptors (Lipinski definition) is 4. The lowest BCUT2D eigenvalue weighted by Crippen LogP contribution is -1.93. The normalized spacial score (nSPS) is 13.4. The predicted molar refractivity (Wildman–Crippen MR) is 43.5 cm³/mol. The number of hydrogen-bond donors (Lipinski definition) is 2. The smallest absolute Gasteiger partial charge is 0.0952 e. The molecule has 0 amide bonds. The highest BCUT2D eigenvalue weighted by Crippen LogP contribution is 2.15. The van der Waals surface area contributed by atoms with E-state index in [2.05, 4.69) is 4.98 Å². The summed E-state index contributed by atoms with van der Waals surface area (Å²) in [7, 11) is 0. The summed E-state index contributed by atoms with van der Waals surface area (Å²) in [6.07, 6.45) is 0.0795. The fraction of sp³-hybridized carbons (Fsp3) is 0.571. The first kappa shape index (κ1) is 8.64. The van der Waals surface area contributed by atoms with Crippen molar-refractivity contribution >= 4 is 11.3 Å². The maximum atomic E-state index is 9.09. The summed E-state index contributed by atoms with van der Waals surface area (Å²) < 4.78 is 0. The second kappa shape index (κ2) is 3.80. The van der Waals surface area contributed by atoms with Gasteiger partial charge < -0.3 is 10.2 Å². The zero-order chi connectivity index (χ0) is 8.27. The van der Waals surface area contributed by atoms with Crippen LogP contribution in [0.4, 0.5) is 0 Å². The highest BCUT2D eigenvalue weighted by Gasteiger charge is 2.05. The molecule has 0 aliphatic heterocycles. The zero-order valence-electron chi connectivity index (χ0n) is 6.32. The van der Waals surface area contributed by atoms with Gasteiger partial charge in [-0.3, -0.25) is 0 Å². The molecule has 1 atom stereocenters. The van der Waals surface area contributed by atoms with Crippen LogP contribution in [0, 0.1) is 0 Å². The Morgan fingerprint density at radius 3 is 2.91 bits per heavy atom. The molecule has 3 nitrogen and oxygen atoms in total. The predicted octanol–water partition coefficient (Wildman–Crippen LogP) is 0.731. The summed E-state index contributed by atoms with van der Waals surface area (Å²) in [5, 5.41) is 20.4. The van der Waals surface area contributed by atoms with E-state index in [1.54, 1.807) is 6.92 Å². The van der Waals surface area contributed by atoms with Crippen LogP contribution in [0.2, 0.25) is 0 Å². The molecule has 0 aliphatic carbocycles. The molecular formula is C7H11NO2S. The van der Waals surface area contributed by atoms with E-state index >= 15 is 0 Å². The third kappa shape index (κ3) is 2.25. The molecule has 0 aromatic carbocycles. The summed E-state index contributed by atoms with van der Waals surface area (Å²) in [6, 6.07) is 0. The molecule has 0 saturated heterocycles. The van der Waals surface area contributed by atoms with E-state index in [4.69, 9.17) is 10.2 Å². The van der Waals surface area contributed by atoms with Crippen molar-refractivity contribution < 1.29 is 10.2 Å². The minimum Gasteiger partial charge on any atom is -0.396 e. The quantitative estimate of drug-likeness (QED) is 0.708. The van der Waals surface area contributed by atoms with Crippen molar-refractivity contribution in [2.75, 3.05) is 6.61 Å². The lowest BCUT2D eigenvalue weighted by molar-refractivity contribution is 0.194. The molecule has 0 bridgehead atoms. The van der Waals surface area contributed by atoms with Crippen molar-refractivity contribution in [3.05, 3.63) is 16.1 Å². The summed E-state index contributed by atoms with van der Waals surface area (Å²) in [5.41, 5.74) is 0.693. The van der Waals surface area contributed by atoms with Crippen molar-refractivity contribution in [2.45, 2.75) is 19.4 Å². The van der Waals surface area contributed by atoms with Crippen LogP contribution in [0.25, 0.3) is 0 Å². The van der Waals surface area contributed by atoms with Crippen molar-refractivity contribution in [1.82, 2.24) is 4.98 Å². The third-order valence-corrected chi connectivity index (χ3v) is 2.25. The molecule has 0 fully saturated rings. The molecule has 0 aliphatic rings. The van der Waals surface area contributed by atoms with E-state index in [0.29, 0.717) is 12.1 Å². The van der Waals surface area contributed by atoms with E-state index in [-0.39, 0.29) is 6.61 Å². The van der Waals surface area contributed by atoms with Crippen LogP contribution in [0.3, 0.4) is 0 Å². The Labute approximate surface area is 69.3 Å². The van der Waals surface area contributed by atoms with Crippen molar-refractivity contribution in [3.63, 3.8) is 0 Å². The van der Waals surface area contributed by atoms with Gasteiger partial charge in [0.1, 0.15) is 0 Å². The van der Waals surface area contributed by atoms with Gasteiger partial charge in [-0.05, 0) is 6.92 Å². The van der Waals surface area contributed by atoms with Gasteiger partial charge >= 0.3 is 0 Å². The van der Waals surface area contributed by atoms with Crippen LogP contribution in [-0.2, 0) is 6.42 Å². The standard InChI is InChI=1S/C7H11NO2S/c1-5(10)6-4-11-7(8-6)2-3-9/h4-5,9-10H,2-3H2,1H3. The monoisotopic (exact) mass is 173 g/mol. The lowest BCUT2D eigenvalue weighted by atomic mass is 10.3. The highest BCUT2D eigenvalue weighted by molar-refractivity contribution is 7.09. The first-order valence-corrected chi connectivity index (χ1v) is 4.35. The van der Waals surface area contributed by atoms with Gasteiger partial charge in [0.25, 0.3) is 0 Å². The molecule has 0 radical (unpaired) electrons. The number of nitrogens with zero attached hydrogens (tertiary/aromatic N) is 1. The third-order valence-electron chi connectivity index (χ3n) is 1.32. The van der Waals surface area contributed by atoms with Gasteiger partial charge in [-0.2, -0.15) is 0 Å². The Morgan fingerprint density at radius 2 is 2.45 bits per heavy atom. The maximum absolute atomic E-state index is 9.09. The largest absolute Gasteiger partial charge is 0.396 e. The first-order chi connectivity index (χ1) is 5.24. The van der Waals surface area contributed by atoms with Gasteiger partial charge in [-0.15, -0.1) is 11.3 Å². The topological polar surface area (TPSA) is 53.4 Å². The average molecular weight is 173 g/mol. The second-order valence-electron chi connectivity index (χ2n) is 2.32. The summed E-state index contributed by atoms with van der Waals surface area (Å²) >= 11 is 1.47. The molecule has 1 unspecified atom stereocenters. The van der Waals surface area contributed by atoms with Gasteiger partial charge in [0.2, 0.25) is 0 Å². The molecule has 4 heteroatoms. The number of thiazole rings is 1. The summed E-state index contributed by atoms with van der Waals surface area (Å²) in [4.78, 5) is 4.11. The van der Waals surface area contributed by atoms with Gasteiger partial charge in [-0.1, -0.05) is 0 Å². The number of rotatable bonds is 3. The summed E-state index contributed by atoms with van der Waals surface area (Å²) in [6.45, 7) is 1.80. The minimum atomic E-state index is -0.501. The SMILES string of the molecule is CC(O)c1csc(CCO)n1. The zero-order valence-corrected chi connectivity index (χ0v) is 7.14. The Morgan fingerprint density at radius 1 is 1.73 bits per heavy atom. The number of aromatic nitrogens is 1. The van der Waals surface area contributed by atoms with E-state index in [0.717, 1.165) is 5.01 Å². The van der Waals surface area contributed by atoms with Crippen LogP contribution < -0.4 is 0 Å². The van der Waals surface area contributed by atoms with Crippen molar-refractivity contribution in [3.8, 4) is 0 Å². The Hall–Kier alpha value is -0.450. The minimum absolute atomic E-state index is 0.118. The molecule has 62 valence electrons. The molecular weight excluding hydrogens is 162 g/mol. The van der Waals surface area contributed by atoms with E-state index < -0.39 is 6.10 Å². The van der Waals surface area contributed by atoms with Gasteiger partial charge in [0.15, 0.2) is 0 Å². The molecule has 2 N–H and O–H groups in total. The number of aliphatic hydroxyl groups is 2. The molecule has 1 rings (SSSR count). The van der Waals surface area contributed by atoms with E-state index in [1.807, 2.05) is 5.38 Å². The van der Waals surface area contributed by atoms with Crippen LogP contribution in [0.15, 0.2) is 5.38 Å². The van der Waals surface area contributed by atoms with Crippen LogP contribution in [-0.4, -0.2) is 21.8 Å². The van der Waals surface area contributed by atoms with E-state index in [9.17, 15) is 0 Å². The lowest BCUT2D eigenvalue weighted by Gasteiger charge is -1.95. The van der Waals surface area contributed by atoms with Crippen LogP contribution in [0.1, 0.15) is 23.7 Å². The van der Waals surface area contributed by atoms with Gasteiger partial charge in [-0.25, -0.2) is 4.98 Å². The number of aliphatic hydroxyl groups excluding tert-OH is 2. The molecule has 0 spiro atoms. The maximum Gasteiger partial charge on any atom is 0.0952 e. The molecule has 0 saturated carbocycles. The van der Waals surface area contributed by atoms with E-state index in [1.165, 1.54) is 11.3 Å². The Bertz CT molecular complexity index is 222. The van der Waals surface area contributed by atoms with Crippen molar-refractivity contribution in [1.29, 1.82) is 0 Å². The average Bonchev–Trinajstić information content (AvgIpc) is 2.37. The first-order valence-electron chi connectivity index (χ1n) is 3.47. The second-order valence-corrected chi connectivity index (χ2v) is 3.26. The molecule has 1 heterocycles. The fourth-order valence-electron chi connectivity index (χ4n) is 0.727. The van der Waals surface area contributed by atoms with Crippen LogP contribution >= 0.6 is 11.3 Å². The van der Waals surface area contributed by atoms with Gasteiger partial charge in [0, 0.05) is 18.4 Å².